The van der Waals surface area contributed by atoms with E-state index >= 15 is 0 Å². The maximum absolute atomic E-state index is 15.0. The molecule has 0 amide bonds. The average Bonchev–Trinajstić information content (AvgIpc) is 3.39. The number of hydrogen-bond donors (Lipinski definition) is 1. The number of hydrogen-bond acceptors (Lipinski definition) is 8. The Morgan fingerprint density at radius 1 is 1.02 bits per heavy atom. The summed E-state index contributed by atoms with van der Waals surface area (Å²) in [4.78, 5) is 27.6. The minimum atomic E-state index is -0.633. The predicted molar refractivity (Wildman–Crippen MR) is 171 cm³/mol. The van der Waals surface area contributed by atoms with E-state index in [1.807, 2.05) is 61.7 Å². The Hall–Kier alpha value is -4.90. The zero-order valence-corrected chi connectivity index (χ0v) is 25.7. The van der Waals surface area contributed by atoms with Crippen LogP contribution in [0.15, 0.2) is 66.9 Å². The molecule has 1 atom stereocenters. The number of aldehydes is 1. The second-order valence-corrected chi connectivity index (χ2v) is 11.6. The Morgan fingerprint density at radius 3 is 2.56 bits per heavy atom. The number of benzene rings is 3. The van der Waals surface area contributed by atoms with Crippen LogP contribution in [0.5, 0.6) is 5.75 Å². The fourth-order valence-corrected chi connectivity index (χ4v) is 5.95. The largest absolute Gasteiger partial charge is 0.489 e. The minimum absolute atomic E-state index is 0.0157. The van der Waals surface area contributed by atoms with Crippen molar-refractivity contribution in [2.24, 2.45) is 0 Å². The number of nitrogens with one attached hydrogen (secondary N) is 1. The van der Waals surface area contributed by atoms with Crippen molar-refractivity contribution < 1.29 is 18.3 Å². The van der Waals surface area contributed by atoms with Gasteiger partial charge in [-0.3, -0.25) is 4.79 Å². The van der Waals surface area contributed by atoms with Crippen LogP contribution in [0.2, 0.25) is 0 Å². The van der Waals surface area contributed by atoms with Gasteiger partial charge in [-0.05, 0) is 52.1 Å². The van der Waals surface area contributed by atoms with E-state index in [0.29, 0.717) is 29.6 Å². The van der Waals surface area contributed by atoms with E-state index in [1.54, 1.807) is 18.2 Å². The highest BCUT2D eigenvalue weighted by molar-refractivity contribution is 5.83. The summed E-state index contributed by atoms with van der Waals surface area (Å²) in [6.45, 7) is 9.37. The zero-order valence-electron chi connectivity index (χ0n) is 25.7. The molecule has 0 spiro atoms. The quantitative estimate of drug-likeness (QED) is 0.228. The van der Waals surface area contributed by atoms with Gasteiger partial charge in [0, 0.05) is 48.6 Å². The molecule has 4 heterocycles. The summed E-state index contributed by atoms with van der Waals surface area (Å²) < 4.78 is 37.9. The van der Waals surface area contributed by atoms with E-state index in [4.69, 9.17) is 4.74 Å². The molecule has 11 heteroatoms. The molecule has 0 saturated carbocycles. The van der Waals surface area contributed by atoms with E-state index in [2.05, 4.69) is 37.1 Å². The molecule has 7 rings (SSSR count). The van der Waals surface area contributed by atoms with Gasteiger partial charge in [0.2, 0.25) is 5.95 Å². The molecule has 2 aromatic heterocycles. The van der Waals surface area contributed by atoms with E-state index in [1.165, 1.54) is 6.07 Å². The van der Waals surface area contributed by atoms with Gasteiger partial charge in [-0.15, -0.1) is 0 Å². The van der Waals surface area contributed by atoms with Crippen LogP contribution in [0.25, 0.3) is 22.3 Å². The molecule has 1 fully saturated rings. The lowest BCUT2D eigenvalue weighted by Gasteiger charge is -2.44. The Labute approximate surface area is 260 Å². The summed E-state index contributed by atoms with van der Waals surface area (Å²) in [6, 6.07) is 18.4. The smallest absolute Gasteiger partial charge is 0.227 e. The van der Waals surface area contributed by atoms with Crippen molar-refractivity contribution >= 4 is 34.6 Å². The highest BCUT2D eigenvalue weighted by atomic mass is 19.1. The van der Waals surface area contributed by atoms with Crippen molar-refractivity contribution in [3.63, 3.8) is 0 Å². The summed E-state index contributed by atoms with van der Waals surface area (Å²) in [7, 11) is 2.13. The molecule has 0 bridgehead atoms. The van der Waals surface area contributed by atoms with Gasteiger partial charge in [-0.2, -0.15) is 0 Å². The highest BCUT2D eigenvalue weighted by Gasteiger charge is 2.31. The summed E-state index contributed by atoms with van der Waals surface area (Å²) in [5.74, 6) is 0.545. The standard InChI is InChI=1S/C27H29F2N7O.C7H6O/c1-15(2)36-16(3)31-26-20(28)9-17(10-23(26)36)25-21(29)12-30-27(33-25)32-18-5-6-22-24(11-18)37-14-19-13-34(4)7-8-35(19)22;8-6-7-4-2-1-3-5-7/h5-6,9-12,15,19H,7-8,13-14H2,1-4H3,(H,30,32,33);1-6H. The third-order valence-corrected chi connectivity index (χ3v) is 8.04. The van der Waals surface area contributed by atoms with Gasteiger partial charge in [-0.25, -0.2) is 23.7 Å². The molecule has 1 N–H and O–H groups in total. The molecule has 2 aliphatic heterocycles. The highest BCUT2D eigenvalue weighted by Crippen LogP contribution is 2.38. The molecular formula is C34H35F2N7O2. The van der Waals surface area contributed by atoms with E-state index in [9.17, 15) is 13.6 Å². The second-order valence-electron chi connectivity index (χ2n) is 11.6. The van der Waals surface area contributed by atoms with E-state index in [0.717, 1.165) is 54.8 Å². The normalized spacial score (nSPS) is 16.0. The predicted octanol–water partition coefficient (Wildman–Crippen LogP) is 6.42. The third-order valence-electron chi connectivity index (χ3n) is 8.04. The van der Waals surface area contributed by atoms with Crippen LogP contribution in [-0.2, 0) is 0 Å². The fourth-order valence-electron chi connectivity index (χ4n) is 5.95. The number of likely N-dealkylation sites (N-methyl/N-ethyl adjacent to an activating group) is 1. The summed E-state index contributed by atoms with van der Waals surface area (Å²) >= 11 is 0. The number of aromatic nitrogens is 4. The summed E-state index contributed by atoms with van der Waals surface area (Å²) in [5.41, 5.74) is 3.72. The molecule has 0 aliphatic carbocycles. The van der Waals surface area contributed by atoms with Crippen LogP contribution in [0.1, 0.15) is 36.1 Å². The first-order valence-corrected chi connectivity index (χ1v) is 14.9. The van der Waals surface area contributed by atoms with Gasteiger partial charge >= 0.3 is 0 Å². The van der Waals surface area contributed by atoms with Crippen molar-refractivity contribution in [2.75, 3.05) is 43.5 Å². The Morgan fingerprint density at radius 2 is 1.82 bits per heavy atom. The summed E-state index contributed by atoms with van der Waals surface area (Å²) in [5, 5.41) is 3.15. The molecule has 2 aliphatic rings. The number of piperazine rings is 1. The number of imidazole rings is 1. The van der Waals surface area contributed by atoms with Crippen LogP contribution in [0.3, 0.4) is 0 Å². The second kappa shape index (κ2) is 12.6. The van der Waals surface area contributed by atoms with Crippen molar-refractivity contribution in [2.45, 2.75) is 32.9 Å². The average molecular weight is 612 g/mol. The van der Waals surface area contributed by atoms with Gasteiger partial charge in [0.25, 0.3) is 0 Å². The van der Waals surface area contributed by atoms with Gasteiger partial charge < -0.3 is 24.4 Å². The first-order chi connectivity index (χ1) is 21.7. The van der Waals surface area contributed by atoms with Gasteiger partial charge in [0.15, 0.2) is 11.6 Å². The first-order valence-electron chi connectivity index (χ1n) is 14.9. The number of carbonyl (C=O) groups is 1. The summed E-state index contributed by atoms with van der Waals surface area (Å²) in [6.07, 6.45) is 1.93. The molecule has 0 radical (unpaired) electrons. The van der Waals surface area contributed by atoms with Crippen LogP contribution in [-0.4, -0.2) is 70.0 Å². The van der Waals surface area contributed by atoms with Crippen molar-refractivity contribution in [3.8, 4) is 17.0 Å². The lowest BCUT2D eigenvalue weighted by molar-refractivity contribution is 0.112. The molecule has 1 saturated heterocycles. The molecule has 45 heavy (non-hydrogen) atoms. The molecular weight excluding hydrogens is 576 g/mol. The lowest BCUT2D eigenvalue weighted by Crippen LogP contribution is -2.56. The Bertz CT molecular complexity index is 1840. The first kappa shape index (κ1) is 30.1. The number of ether oxygens (including phenoxy) is 1. The Kier molecular flexibility index (Phi) is 8.44. The number of halogens is 2. The van der Waals surface area contributed by atoms with E-state index in [-0.39, 0.29) is 23.2 Å². The minimum Gasteiger partial charge on any atom is -0.489 e. The maximum atomic E-state index is 15.0. The van der Waals surface area contributed by atoms with Crippen LogP contribution in [0.4, 0.5) is 26.1 Å². The van der Waals surface area contributed by atoms with Gasteiger partial charge in [0.05, 0.1) is 23.4 Å². The molecule has 9 nitrogen and oxygen atoms in total. The van der Waals surface area contributed by atoms with Crippen LogP contribution in [0, 0.1) is 18.6 Å². The third kappa shape index (κ3) is 6.21. The zero-order chi connectivity index (χ0) is 31.7. The van der Waals surface area contributed by atoms with Crippen molar-refractivity contribution in [1.29, 1.82) is 0 Å². The molecule has 3 aromatic carbocycles. The number of fused-ring (bicyclic) bond motifs is 4. The molecule has 1 unspecified atom stereocenters. The fraction of sp³-hybridized carbons (Fsp3) is 0.294. The molecule has 232 valence electrons. The topological polar surface area (TPSA) is 88.4 Å². The Balaban J connectivity index is 0.000000390. The monoisotopic (exact) mass is 611 g/mol. The van der Waals surface area contributed by atoms with Crippen LogP contribution >= 0.6 is 0 Å². The SMILES string of the molecule is Cc1nc2c(F)cc(-c3nc(Nc4ccc5c(c4)OCC4CN(C)CCN54)ncc3F)cc2n1C(C)C.O=Cc1ccccc1. The van der Waals surface area contributed by atoms with Crippen LogP contribution < -0.4 is 15.0 Å². The number of carbonyl (C=O) groups excluding carboxylic acids is 1. The maximum Gasteiger partial charge on any atom is 0.227 e. The van der Waals surface area contributed by atoms with E-state index < -0.39 is 11.6 Å². The number of aryl methyl sites for hydroxylation is 1. The van der Waals surface area contributed by atoms with Gasteiger partial charge in [-0.1, -0.05) is 30.3 Å². The lowest BCUT2D eigenvalue weighted by atomic mass is 10.1. The van der Waals surface area contributed by atoms with Crippen molar-refractivity contribution in [1.82, 2.24) is 24.4 Å². The number of anilines is 3. The molecule has 5 aromatic rings. The number of nitrogens with zero attached hydrogens (tertiary/aromatic N) is 6. The van der Waals surface area contributed by atoms with Gasteiger partial charge in [0.1, 0.15) is 35.7 Å². The van der Waals surface area contributed by atoms with Crippen molar-refractivity contribution in [3.05, 3.63) is 89.9 Å². The number of rotatable bonds is 5.